The Bertz CT molecular complexity index is 948. The summed E-state index contributed by atoms with van der Waals surface area (Å²) >= 11 is 1.65. The Morgan fingerprint density at radius 1 is 1.11 bits per heavy atom. The highest BCUT2D eigenvalue weighted by Crippen LogP contribution is 2.41. The first-order valence-electron chi connectivity index (χ1n) is 9.07. The van der Waals surface area contributed by atoms with Crippen LogP contribution in [0.4, 0.5) is 0 Å². The zero-order valence-corrected chi connectivity index (χ0v) is 16.3. The molecule has 6 heteroatoms. The second-order valence-corrected chi connectivity index (χ2v) is 7.92. The van der Waals surface area contributed by atoms with E-state index in [9.17, 15) is 4.79 Å². The molecule has 1 aliphatic carbocycles. The molecular formula is C21H22N4OS. The Hall–Kier alpha value is -2.60. The summed E-state index contributed by atoms with van der Waals surface area (Å²) in [6, 6.07) is 18.1. The van der Waals surface area contributed by atoms with Crippen molar-refractivity contribution in [2.45, 2.75) is 29.7 Å². The minimum Gasteiger partial charge on any atom is -0.345 e. The normalized spacial score (nSPS) is 13.6. The van der Waals surface area contributed by atoms with Crippen molar-refractivity contribution < 1.29 is 4.79 Å². The lowest BCUT2D eigenvalue weighted by Gasteiger charge is -2.12. The highest BCUT2D eigenvalue weighted by molar-refractivity contribution is 7.98. The molecule has 1 heterocycles. The fraction of sp³-hybridized carbons (Fsp3) is 0.286. The molecule has 1 aliphatic rings. The minimum atomic E-state index is 0.0188. The van der Waals surface area contributed by atoms with Gasteiger partial charge in [0, 0.05) is 37.0 Å². The summed E-state index contributed by atoms with van der Waals surface area (Å²) in [5, 5.41) is 9.82. The van der Waals surface area contributed by atoms with Crippen LogP contribution in [0.3, 0.4) is 0 Å². The van der Waals surface area contributed by atoms with Gasteiger partial charge in [-0.25, -0.2) is 0 Å². The first kappa shape index (κ1) is 17.8. The second-order valence-electron chi connectivity index (χ2n) is 6.97. The minimum absolute atomic E-state index is 0.0188. The van der Waals surface area contributed by atoms with Gasteiger partial charge in [-0.2, -0.15) is 0 Å². The van der Waals surface area contributed by atoms with Gasteiger partial charge in [-0.15, -0.1) is 10.2 Å². The number of rotatable bonds is 6. The number of hydrogen-bond donors (Lipinski definition) is 0. The molecule has 4 rings (SSSR count). The molecule has 1 saturated carbocycles. The van der Waals surface area contributed by atoms with Gasteiger partial charge in [0.1, 0.15) is 5.82 Å². The number of thioether (sulfide) groups is 1. The summed E-state index contributed by atoms with van der Waals surface area (Å²) in [5.41, 5.74) is 2.91. The van der Waals surface area contributed by atoms with Crippen molar-refractivity contribution in [1.29, 1.82) is 0 Å². The van der Waals surface area contributed by atoms with Gasteiger partial charge in [0.25, 0.3) is 5.91 Å². The maximum Gasteiger partial charge on any atom is 0.253 e. The van der Waals surface area contributed by atoms with Gasteiger partial charge in [-0.05, 0) is 42.7 Å². The van der Waals surface area contributed by atoms with Crippen LogP contribution in [0.15, 0.2) is 59.8 Å². The fourth-order valence-electron chi connectivity index (χ4n) is 3.00. The first-order valence-corrected chi connectivity index (χ1v) is 10.1. The summed E-state index contributed by atoms with van der Waals surface area (Å²) in [5.74, 6) is 2.34. The Morgan fingerprint density at radius 3 is 2.59 bits per heavy atom. The van der Waals surface area contributed by atoms with Crippen molar-refractivity contribution in [1.82, 2.24) is 19.7 Å². The second kappa shape index (κ2) is 7.56. The van der Waals surface area contributed by atoms with Gasteiger partial charge < -0.3 is 4.90 Å². The van der Waals surface area contributed by atoms with E-state index < -0.39 is 0 Å². The fourth-order valence-corrected chi connectivity index (χ4v) is 3.90. The quantitative estimate of drug-likeness (QED) is 0.605. The van der Waals surface area contributed by atoms with Crippen LogP contribution in [0.5, 0.6) is 0 Å². The molecule has 1 amide bonds. The van der Waals surface area contributed by atoms with Crippen LogP contribution >= 0.6 is 11.8 Å². The molecule has 3 aromatic rings. The number of amides is 1. The Labute approximate surface area is 163 Å². The SMILES string of the molecule is CN(C)C(=O)c1cccc(CSc2nnc(C3CC3)n2-c2ccccc2)c1. The molecule has 0 spiro atoms. The highest BCUT2D eigenvalue weighted by Gasteiger charge is 2.31. The summed E-state index contributed by atoms with van der Waals surface area (Å²) < 4.78 is 2.18. The summed E-state index contributed by atoms with van der Waals surface area (Å²) in [4.78, 5) is 13.8. The standard InChI is InChI=1S/C21H22N4OS/c1-24(2)20(26)17-8-6-7-15(13-17)14-27-21-23-22-19(16-11-12-16)25(21)18-9-4-3-5-10-18/h3-10,13,16H,11-12,14H2,1-2H3. The van der Waals surface area contributed by atoms with Crippen LogP contribution < -0.4 is 0 Å². The van der Waals surface area contributed by atoms with Gasteiger partial charge in [0.2, 0.25) is 0 Å². The number of hydrogen-bond acceptors (Lipinski definition) is 4. The van der Waals surface area contributed by atoms with E-state index in [1.807, 2.05) is 42.5 Å². The zero-order valence-electron chi connectivity index (χ0n) is 15.5. The van der Waals surface area contributed by atoms with E-state index in [4.69, 9.17) is 0 Å². The Balaban J connectivity index is 1.57. The zero-order chi connectivity index (χ0) is 18.8. The number of para-hydroxylation sites is 1. The van der Waals surface area contributed by atoms with Gasteiger partial charge in [-0.1, -0.05) is 42.1 Å². The number of benzene rings is 2. The largest absolute Gasteiger partial charge is 0.345 e. The van der Waals surface area contributed by atoms with Crippen LogP contribution in [-0.2, 0) is 5.75 Å². The lowest BCUT2D eigenvalue weighted by atomic mass is 10.1. The van der Waals surface area contributed by atoms with Crippen LogP contribution in [0, 0.1) is 0 Å². The topological polar surface area (TPSA) is 51.0 Å². The molecular weight excluding hydrogens is 356 g/mol. The van der Waals surface area contributed by atoms with Gasteiger partial charge >= 0.3 is 0 Å². The molecule has 2 aromatic carbocycles. The molecule has 1 fully saturated rings. The Morgan fingerprint density at radius 2 is 1.89 bits per heavy atom. The number of nitrogens with zero attached hydrogens (tertiary/aromatic N) is 4. The molecule has 0 N–H and O–H groups in total. The number of carbonyl (C=O) groups excluding carboxylic acids is 1. The maximum absolute atomic E-state index is 12.2. The van der Waals surface area contributed by atoms with Crippen molar-refractivity contribution in [3.05, 3.63) is 71.5 Å². The monoisotopic (exact) mass is 378 g/mol. The molecule has 0 saturated heterocycles. The van der Waals surface area contributed by atoms with E-state index in [2.05, 4.69) is 26.9 Å². The van der Waals surface area contributed by atoms with E-state index in [-0.39, 0.29) is 5.91 Å². The molecule has 1 aromatic heterocycles. The predicted molar refractivity (Wildman–Crippen MR) is 107 cm³/mol. The van der Waals surface area contributed by atoms with Crippen LogP contribution in [0.25, 0.3) is 5.69 Å². The number of carbonyl (C=O) groups is 1. The third kappa shape index (κ3) is 3.90. The highest BCUT2D eigenvalue weighted by atomic mass is 32.2. The predicted octanol–water partition coefficient (Wildman–Crippen LogP) is 4.14. The lowest BCUT2D eigenvalue weighted by Crippen LogP contribution is -2.21. The first-order chi connectivity index (χ1) is 13.1. The van der Waals surface area contributed by atoms with Crippen molar-refractivity contribution in [2.75, 3.05) is 14.1 Å². The summed E-state index contributed by atoms with van der Waals surface area (Å²) in [6.07, 6.45) is 2.37. The van der Waals surface area contributed by atoms with Gasteiger partial charge in [0.05, 0.1) is 0 Å². The maximum atomic E-state index is 12.2. The van der Waals surface area contributed by atoms with Gasteiger partial charge in [-0.3, -0.25) is 9.36 Å². The number of aromatic nitrogens is 3. The summed E-state index contributed by atoms with van der Waals surface area (Å²) in [7, 11) is 3.54. The smallest absolute Gasteiger partial charge is 0.253 e. The molecule has 0 aliphatic heterocycles. The van der Waals surface area contributed by atoms with Crippen molar-refractivity contribution in [3.63, 3.8) is 0 Å². The van der Waals surface area contributed by atoms with Crippen LogP contribution in [-0.4, -0.2) is 39.7 Å². The Kier molecular flexibility index (Phi) is 4.99. The van der Waals surface area contributed by atoms with Crippen molar-refractivity contribution in [2.24, 2.45) is 0 Å². The van der Waals surface area contributed by atoms with Gasteiger partial charge in [0.15, 0.2) is 5.16 Å². The van der Waals surface area contributed by atoms with E-state index in [1.54, 1.807) is 30.8 Å². The lowest BCUT2D eigenvalue weighted by molar-refractivity contribution is 0.0827. The average Bonchev–Trinajstić information content (AvgIpc) is 3.46. The summed E-state index contributed by atoms with van der Waals surface area (Å²) in [6.45, 7) is 0. The third-order valence-corrected chi connectivity index (χ3v) is 5.56. The van der Waals surface area contributed by atoms with Crippen molar-refractivity contribution in [3.8, 4) is 5.69 Å². The average molecular weight is 379 g/mol. The molecule has 0 bridgehead atoms. The molecule has 0 radical (unpaired) electrons. The molecule has 0 atom stereocenters. The van der Waals surface area contributed by atoms with Crippen LogP contribution in [0.2, 0.25) is 0 Å². The van der Waals surface area contributed by atoms with E-state index in [1.165, 1.54) is 12.8 Å². The van der Waals surface area contributed by atoms with Crippen LogP contribution in [0.1, 0.15) is 40.5 Å². The molecule has 27 heavy (non-hydrogen) atoms. The third-order valence-electron chi connectivity index (χ3n) is 4.56. The molecule has 138 valence electrons. The van der Waals surface area contributed by atoms with E-state index >= 15 is 0 Å². The van der Waals surface area contributed by atoms with E-state index in [0.29, 0.717) is 11.5 Å². The van der Waals surface area contributed by atoms with E-state index in [0.717, 1.165) is 28.0 Å². The molecule has 5 nitrogen and oxygen atoms in total. The molecule has 0 unspecified atom stereocenters. The van der Waals surface area contributed by atoms with Crippen molar-refractivity contribution >= 4 is 17.7 Å².